The summed E-state index contributed by atoms with van der Waals surface area (Å²) >= 11 is 0. The maximum Gasteiger partial charge on any atom is 0.397 e. The van der Waals surface area contributed by atoms with Crippen LogP contribution < -0.4 is 0 Å². The van der Waals surface area contributed by atoms with Crippen LogP contribution in [0.4, 0.5) is 0 Å². The zero-order valence-corrected chi connectivity index (χ0v) is 17.2. The van der Waals surface area contributed by atoms with E-state index in [0.717, 1.165) is 32.1 Å². The lowest BCUT2D eigenvalue weighted by Crippen LogP contribution is -2.12. The van der Waals surface area contributed by atoms with E-state index in [1.54, 1.807) is 0 Å². The number of rotatable bonds is 18. The third kappa shape index (κ3) is 19.8. The summed E-state index contributed by atoms with van der Waals surface area (Å²) in [6, 6.07) is 0. The van der Waals surface area contributed by atoms with Gasteiger partial charge in [0.25, 0.3) is 0 Å². The smallest absolute Gasteiger partial charge is 0.264 e. The molecule has 0 aromatic carbocycles. The molecule has 1 N–H and O–H groups in total. The molecule has 0 aliphatic rings. The summed E-state index contributed by atoms with van der Waals surface area (Å²) < 4.78 is 34.8. The molecule has 0 fully saturated rings. The molecule has 25 heavy (non-hydrogen) atoms. The van der Waals surface area contributed by atoms with Crippen LogP contribution in [0.15, 0.2) is 12.2 Å². The van der Waals surface area contributed by atoms with Crippen molar-refractivity contribution in [3.05, 3.63) is 12.2 Å². The van der Waals surface area contributed by atoms with Gasteiger partial charge in [-0.05, 0) is 12.8 Å². The van der Waals surface area contributed by atoms with E-state index < -0.39 is 10.4 Å². The van der Waals surface area contributed by atoms with Crippen molar-refractivity contribution in [1.29, 1.82) is 0 Å². The molecular weight excluding hydrogens is 336 g/mol. The quantitative estimate of drug-likeness (QED) is 0.169. The molecule has 0 amide bonds. The molecule has 0 aromatic rings. The summed E-state index contributed by atoms with van der Waals surface area (Å²) in [6.07, 6.45) is 21.3. The fourth-order valence-corrected chi connectivity index (χ4v) is 3.26. The maximum atomic E-state index is 10.8. The highest BCUT2D eigenvalue weighted by atomic mass is 32.3. The second-order valence-electron chi connectivity index (χ2n) is 7.01. The average Bonchev–Trinajstić information content (AvgIpc) is 2.56. The molecule has 5 heteroatoms. The Bertz CT molecular complexity index is 404. The summed E-state index contributed by atoms with van der Waals surface area (Å²) in [6.45, 7) is 4.43. The number of hydrogen-bond acceptors (Lipinski definition) is 3. The molecule has 0 rings (SSSR count). The Morgan fingerprint density at radius 2 is 1.36 bits per heavy atom. The Morgan fingerprint density at radius 3 is 1.88 bits per heavy atom. The monoisotopic (exact) mass is 376 g/mol. The van der Waals surface area contributed by atoms with E-state index in [0.29, 0.717) is 0 Å². The van der Waals surface area contributed by atoms with E-state index in [1.807, 2.05) is 0 Å². The van der Waals surface area contributed by atoms with E-state index >= 15 is 0 Å². The highest BCUT2D eigenvalue weighted by Gasteiger charge is 2.11. The first kappa shape index (κ1) is 24.6. The molecule has 1 atom stereocenters. The summed E-state index contributed by atoms with van der Waals surface area (Å²) in [7, 11) is -4.34. The minimum Gasteiger partial charge on any atom is -0.264 e. The van der Waals surface area contributed by atoms with Crippen LogP contribution in [0, 0.1) is 5.92 Å². The van der Waals surface area contributed by atoms with E-state index in [1.165, 1.54) is 57.8 Å². The predicted molar refractivity (Wildman–Crippen MR) is 106 cm³/mol. The lowest BCUT2D eigenvalue weighted by atomic mass is 9.99. The summed E-state index contributed by atoms with van der Waals surface area (Å²) in [5.74, 6) is 0.0628. The van der Waals surface area contributed by atoms with E-state index in [-0.39, 0.29) is 12.5 Å². The first-order valence-corrected chi connectivity index (χ1v) is 11.6. The van der Waals surface area contributed by atoms with Gasteiger partial charge in [0.15, 0.2) is 0 Å². The zero-order chi connectivity index (χ0) is 18.8. The molecule has 1 unspecified atom stereocenters. The standard InChI is InChI=1S/C20H40O4S/c1-3-5-7-9-10-11-12-13-14-16-18-20(17-15-8-6-4-2)19-24-25(21,22)23/h15,17,20H,3-14,16,18-19H2,1-2H3,(H,21,22,23)/b17-15+. The maximum absolute atomic E-state index is 10.8. The number of allylic oxidation sites excluding steroid dienone is 1. The fraction of sp³-hybridized carbons (Fsp3) is 0.900. The molecule has 0 bridgehead atoms. The van der Waals surface area contributed by atoms with Gasteiger partial charge in [0.05, 0.1) is 6.61 Å². The third-order valence-electron chi connectivity index (χ3n) is 4.49. The molecule has 0 heterocycles. The first-order valence-electron chi connectivity index (χ1n) is 10.3. The average molecular weight is 377 g/mol. The van der Waals surface area contributed by atoms with Gasteiger partial charge in [-0.3, -0.25) is 4.55 Å². The van der Waals surface area contributed by atoms with Gasteiger partial charge in [-0.2, -0.15) is 8.42 Å². The zero-order valence-electron chi connectivity index (χ0n) is 16.4. The second-order valence-corrected chi connectivity index (χ2v) is 8.10. The normalized spacial score (nSPS) is 13.6. The van der Waals surface area contributed by atoms with Crippen molar-refractivity contribution in [1.82, 2.24) is 0 Å². The Kier molecular flexibility index (Phi) is 16.8. The molecule has 0 aliphatic heterocycles. The first-order chi connectivity index (χ1) is 12.0. The fourth-order valence-electron chi connectivity index (χ4n) is 2.91. The van der Waals surface area contributed by atoms with Crippen LogP contribution in [0.2, 0.25) is 0 Å². The Morgan fingerprint density at radius 1 is 0.840 bits per heavy atom. The van der Waals surface area contributed by atoms with Gasteiger partial charge in [-0.15, -0.1) is 0 Å². The van der Waals surface area contributed by atoms with Crippen LogP contribution in [0.3, 0.4) is 0 Å². The Hall–Kier alpha value is -0.390. The van der Waals surface area contributed by atoms with Gasteiger partial charge < -0.3 is 0 Å². The van der Waals surface area contributed by atoms with Crippen molar-refractivity contribution in [3.63, 3.8) is 0 Å². The SMILES string of the molecule is CCCC/C=C/C(CCCCCCCCCCCC)COS(=O)(=O)O. The summed E-state index contributed by atoms with van der Waals surface area (Å²) in [5, 5.41) is 0. The van der Waals surface area contributed by atoms with E-state index in [9.17, 15) is 8.42 Å². The van der Waals surface area contributed by atoms with Crippen LogP contribution in [0.25, 0.3) is 0 Å². The van der Waals surface area contributed by atoms with E-state index in [2.05, 4.69) is 30.2 Å². The molecular formula is C20H40O4S. The Labute approximate surface area is 156 Å². The van der Waals surface area contributed by atoms with E-state index in [4.69, 9.17) is 4.55 Å². The molecule has 0 radical (unpaired) electrons. The van der Waals surface area contributed by atoms with Gasteiger partial charge in [0, 0.05) is 5.92 Å². The van der Waals surface area contributed by atoms with Gasteiger partial charge in [-0.1, -0.05) is 103 Å². The number of unbranched alkanes of at least 4 members (excludes halogenated alkanes) is 11. The molecule has 4 nitrogen and oxygen atoms in total. The van der Waals surface area contributed by atoms with Crippen molar-refractivity contribution < 1.29 is 17.2 Å². The minimum atomic E-state index is -4.34. The lowest BCUT2D eigenvalue weighted by molar-refractivity contribution is 0.234. The van der Waals surface area contributed by atoms with Crippen molar-refractivity contribution in [2.24, 2.45) is 5.92 Å². The second kappa shape index (κ2) is 17.0. The van der Waals surface area contributed by atoms with Crippen LogP contribution >= 0.6 is 0 Å². The predicted octanol–water partition coefficient (Wildman–Crippen LogP) is 6.48. The number of hydrogen-bond donors (Lipinski definition) is 1. The molecule has 0 aromatic heterocycles. The highest BCUT2D eigenvalue weighted by Crippen LogP contribution is 2.16. The summed E-state index contributed by atoms with van der Waals surface area (Å²) in [5.41, 5.74) is 0. The largest absolute Gasteiger partial charge is 0.397 e. The minimum absolute atomic E-state index is 0.0406. The molecule has 0 saturated carbocycles. The molecule has 150 valence electrons. The van der Waals surface area contributed by atoms with Crippen molar-refractivity contribution in [3.8, 4) is 0 Å². The van der Waals surface area contributed by atoms with Crippen LogP contribution in [-0.2, 0) is 14.6 Å². The Balaban J connectivity index is 3.83. The van der Waals surface area contributed by atoms with Crippen LogP contribution in [0.5, 0.6) is 0 Å². The van der Waals surface area contributed by atoms with Crippen molar-refractivity contribution in [2.75, 3.05) is 6.61 Å². The van der Waals surface area contributed by atoms with Gasteiger partial charge >= 0.3 is 10.4 Å². The third-order valence-corrected chi connectivity index (χ3v) is 4.93. The van der Waals surface area contributed by atoms with Crippen LogP contribution in [0.1, 0.15) is 104 Å². The topological polar surface area (TPSA) is 63.6 Å². The van der Waals surface area contributed by atoms with Crippen molar-refractivity contribution in [2.45, 2.75) is 104 Å². The van der Waals surface area contributed by atoms with Gasteiger partial charge in [-0.25, -0.2) is 4.18 Å². The molecule has 0 spiro atoms. The lowest BCUT2D eigenvalue weighted by Gasteiger charge is -2.12. The highest BCUT2D eigenvalue weighted by molar-refractivity contribution is 7.80. The van der Waals surface area contributed by atoms with Crippen molar-refractivity contribution >= 4 is 10.4 Å². The molecule has 0 aliphatic carbocycles. The summed E-state index contributed by atoms with van der Waals surface area (Å²) in [4.78, 5) is 0. The molecule has 0 saturated heterocycles. The van der Waals surface area contributed by atoms with Gasteiger partial charge in [0.2, 0.25) is 0 Å². The van der Waals surface area contributed by atoms with Crippen LogP contribution in [-0.4, -0.2) is 19.6 Å². The van der Waals surface area contributed by atoms with Gasteiger partial charge in [0.1, 0.15) is 0 Å².